The molecule has 6 rings (SSSR count). The Bertz CT molecular complexity index is 1650. The first-order valence-corrected chi connectivity index (χ1v) is 16.2. The predicted molar refractivity (Wildman–Crippen MR) is 165 cm³/mol. The lowest BCUT2D eigenvalue weighted by Crippen LogP contribution is -2.58. The fourth-order valence-electron chi connectivity index (χ4n) is 5.49. The van der Waals surface area contributed by atoms with Crippen molar-refractivity contribution < 1.29 is 19.2 Å². The lowest BCUT2D eigenvalue weighted by atomic mass is 10.00. The van der Waals surface area contributed by atoms with Crippen molar-refractivity contribution in [3.05, 3.63) is 76.4 Å². The molecule has 44 heavy (non-hydrogen) atoms. The van der Waals surface area contributed by atoms with E-state index in [-0.39, 0.29) is 55.4 Å². The number of fused-ring (bicyclic) bond motifs is 5. The van der Waals surface area contributed by atoms with E-state index in [1.54, 1.807) is 16.3 Å². The van der Waals surface area contributed by atoms with Crippen LogP contribution in [0.3, 0.4) is 0 Å². The Morgan fingerprint density at radius 1 is 1.02 bits per heavy atom. The minimum atomic E-state index is -0.934. The molecule has 5 heterocycles. The van der Waals surface area contributed by atoms with Crippen LogP contribution >= 0.6 is 22.7 Å². The SMILES string of the molecule is CC(C)[C@@H]1NC(=O)[C@@H]2C[C@@H](CN2C(=O)c2csc(-c3cccs3)n2)n2cc(nn2)CNC(=O)[C@@H](Cc2ccccc2)NC1=O. The van der Waals surface area contributed by atoms with Gasteiger partial charge < -0.3 is 20.9 Å². The highest BCUT2D eigenvalue weighted by molar-refractivity contribution is 7.20. The Morgan fingerprint density at radius 3 is 2.59 bits per heavy atom. The molecule has 4 atom stereocenters. The van der Waals surface area contributed by atoms with E-state index in [2.05, 4.69) is 31.2 Å². The zero-order valence-electron chi connectivity index (χ0n) is 24.2. The molecule has 0 radical (unpaired) electrons. The molecule has 3 aromatic heterocycles. The summed E-state index contributed by atoms with van der Waals surface area (Å²) in [5, 5.41) is 21.5. The van der Waals surface area contributed by atoms with Crippen LogP contribution in [0.2, 0.25) is 0 Å². The summed E-state index contributed by atoms with van der Waals surface area (Å²) in [7, 11) is 0. The van der Waals surface area contributed by atoms with Crippen molar-refractivity contribution in [2.45, 2.75) is 57.4 Å². The van der Waals surface area contributed by atoms with Crippen LogP contribution in [-0.2, 0) is 27.3 Å². The lowest BCUT2D eigenvalue weighted by Gasteiger charge is -2.28. The second-order valence-corrected chi connectivity index (χ2v) is 13.1. The van der Waals surface area contributed by atoms with E-state index in [0.717, 1.165) is 15.4 Å². The van der Waals surface area contributed by atoms with Crippen molar-refractivity contribution in [1.29, 1.82) is 0 Å². The van der Waals surface area contributed by atoms with E-state index < -0.39 is 29.9 Å². The Kier molecular flexibility index (Phi) is 8.53. The molecule has 228 valence electrons. The zero-order chi connectivity index (χ0) is 30.8. The van der Waals surface area contributed by atoms with Gasteiger partial charge in [-0.2, -0.15) is 0 Å². The molecule has 4 amide bonds. The molecule has 14 heteroatoms. The fourth-order valence-corrected chi connectivity index (χ4v) is 7.10. The third-order valence-corrected chi connectivity index (χ3v) is 9.72. The number of hydrogen-bond acceptors (Lipinski definition) is 9. The van der Waals surface area contributed by atoms with Crippen LogP contribution in [0.25, 0.3) is 9.88 Å². The summed E-state index contributed by atoms with van der Waals surface area (Å²) in [6.45, 7) is 3.95. The highest BCUT2D eigenvalue weighted by Gasteiger charge is 2.43. The highest BCUT2D eigenvalue weighted by atomic mass is 32.1. The Balaban J connectivity index is 1.30. The number of thiazole rings is 1. The van der Waals surface area contributed by atoms with E-state index in [0.29, 0.717) is 5.69 Å². The standard InChI is InChI=1S/C30H32N8O4S2/c1-17(2)25-28(41)32-21(11-18-7-4-3-5-8-18)26(39)31-13-19-14-38(36-35-19)20-12-23(27(40)34-25)37(15-20)30(42)22-16-44-29(33-22)24-9-6-10-43-24/h3-10,14,16-17,20-21,23,25H,11-13,15H2,1-2H3,(H,31,39)(H,32,41)(H,34,40)/t20-,21+,23-,25-/m0/s1. The molecule has 1 aromatic carbocycles. The van der Waals surface area contributed by atoms with Crippen molar-refractivity contribution in [1.82, 2.24) is 40.8 Å². The Morgan fingerprint density at radius 2 is 1.84 bits per heavy atom. The maximum Gasteiger partial charge on any atom is 0.274 e. The summed E-state index contributed by atoms with van der Waals surface area (Å²) in [6.07, 6.45) is 2.25. The first-order chi connectivity index (χ1) is 21.3. The number of hydrogen-bond donors (Lipinski definition) is 3. The average molecular weight is 633 g/mol. The van der Waals surface area contributed by atoms with Gasteiger partial charge in [0.1, 0.15) is 34.5 Å². The van der Waals surface area contributed by atoms with Gasteiger partial charge in [0, 0.05) is 24.8 Å². The van der Waals surface area contributed by atoms with Crippen molar-refractivity contribution >= 4 is 46.3 Å². The molecule has 0 aliphatic carbocycles. The molecule has 1 saturated heterocycles. The van der Waals surface area contributed by atoms with E-state index in [1.807, 2.05) is 61.7 Å². The van der Waals surface area contributed by atoms with Crippen LogP contribution in [0.1, 0.15) is 48.1 Å². The Labute approximate surface area is 261 Å². The summed E-state index contributed by atoms with van der Waals surface area (Å²) in [5.41, 5.74) is 1.65. The molecule has 4 bridgehead atoms. The Hall–Kier alpha value is -4.43. The van der Waals surface area contributed by atoms with Crippen LogP contribution in [-0.4, -0.2) is 73.2 Å². The summed E-state index contributed by atoms with van der Waals surface area (Å²) in [4.78, 5) is 61.7. The summed E-state index contributed by atoms with van der Waals surface area (Å²) in [5.74, 6) is -1.96. The van der Waals surface area contributed by atoms with Gasteiger partial charge in [0.15, 0.2) is 0 Å². The minimum Gasteiger partial charge on any atom is -0.349 e. The number of rotatable bonds is 5. The molecular weight excluding hydrogens is 601 g/mol. The third-order valence-electron chi connectivity index (χ3n) is 7.84. The van der Waals surface area contributed by atoms with E-state index in [1.165, 1.54) is 27.6 Å². The number of nitrogens with one attached hydrogen (secondary N) is 3. The van der Waals surface area contributed by atoms with Crippen molar-refractivity contribution in [3.8, 4) is 9.88 Å². The minimum absolute atomic E-state index is 0.105. The molecular formula is C30H32N8O4S2. The van der Waals surface area contributed by atoms with Gasteiger partial charge in [-0.05, 0) is 22.9 Å². The van der Waals surface area contributed by atoms with Gasteiger partial charge in [-0.15, -0.1) is 27.8 Å². The smallest absolute Gasteiger partial charge is 0.274 e. The van der Waals surface area contributed by atoms with Gasteiger partial charge in [-0.25, -0.2) is 9.67 Å². The van der Waals surface area contributed by atoms with Gasteiger partial charge in [0.25, 0.3) is 5.91 Å². The lowest BCUT2D eigenvalue weighted by molar-refractivity contribution is -0.134. The van der Waals surface area contributed by atoms with Crippen LogP contribution in [0.5, 0.6) is 0 Å². The molecule has 4 aromatic rings. The van der Waals surface area contributed by atoms with E-state index in [4.69, 9.17) is 0 Å². The van der Waals surface area contributed by atoms with Crippen molar-refractivity contribution in [2.75, 3.05) is 6.54 Å². The molecule has 2 aliphatic heterocycles. The van der Waals surface area contributed by atoms with Crippen molar-refractivity contribution in [2.24, 2.45) is 5.92 Å². The van der Waals surface area contributed by atoms with Crippen LogP contribution in [0, 0.1) is 5.92 Å². The summed E-state index contributed by atoms with van der Waals surface area (Å²) < 4.78 is 1.64. The van der Waals surface area contributed by atoms with Gasteiger partial charge in [0.05, 0.1) is 23.7 Å². The number of carbonyl (C=O) groups excluding carboxylic acids is 4. The quantitative estimate of drug-likeness (QED) is 0.306. The molecule has 2 aliphatic rings. The van der Waals surface area contributed by atoms with Crippen LogP contribution < -0.4 is 16.0 Å². The molecule has 12 nitrogen and oxygen atoms in total. The third kappa shape index (κ3) is 6.26. The fraction of sp³-hybridized carbons (Fsp3) is 0.367. The molecule has 3 N–H and O–H groups in total. The maximum absolute atomic E-state index is 13.9. The molecule has 0 unspecified atom stereocenters. The monoisotopic (exact) mass is 632 g/mol. The van der Waals surface area contributed by atoms with E-state index in [9.17, 15) is 19.2 Å². The van der Waals surface area contributed by atoms with Gasteiger partial charge in [0.2, 0.25) is 17.7 Å². The highest BCUT2D eigenvalue weighted by Crippen LogP contribution is 2.32. The van der Waals surface area contributed by atoms with Crippen LogP contribution in [0.15, 0.2) is 59.4 Å². The van der Waals surface area contributed by atoms with Gasteiger partial charge in [-0.3, -0.25) is 19.2 Å². The number of thiophene rings is 1. The number of benzene rings is 1. The number of aromatic nitrogens is 4. The molecule has 1 fully saturated rings. The summed E-state index contributed by atoms with van der Waals surface area (Å²) in [6, 6.07) is 10.2. The second-order valence-electron chi connectivity index (χ2n) is 11.3. The second kappa shape index (κ2) is 12.7. The largest absolute Gasteiger partial charge is 0.349 e. The van der Waals surface area contributed by atoms with E-state index >= 15 is 0 Å². The molecule has 0 saturated carbocycles. The number of likely N-dealkylation sites (tertiary alicyclic amines) is 1. The van der Waals surface area contributed by atoms with Crippen molar-refractivity contribution in [3.63, 3.8) is 0 Å². The topological polar surface area (TPSA) is 151 Å². The summed E-state index contributed by atoms with van der Waals surface area (Å²) >= 11 is 2.91. The molecule has 0 spiro atoms. The number of nitrogens with zero attached hydrogens (tertiary/aromatic N) is 5. The predicted octanol–water partition coefficient (Wildman–Crippen LogP) is 2.42. The zero-order valence-corrected chi connectivity index (χ0v) is 25.8. The first kappa shape index (κ1) is 29.6. The van der Waals surface area contributed by atoms with Gasteiger partial charge >= 0.3 is 0 Å². The average Bonchev–Trinajstić information content (AvgIpc) is 3.84. The maximum atomic E-state index is 13.9. The van der Waals surface area contributed by atoms with Gasteiger partial charge in [-0.1, -0.05) is 55.5 Å². The van der Waals surface area contributed by atoms with Crippen LogP contribution in [0.4, 0.5) is 0 Å². The normalized spacial score (nSPS) is 22.6. The number of amides is 4. The number of carbonyl (C=O) groups is 4. The first-order valence-electron chi connectivity index (χ1n) is 14.4.